The van der Waals surface area contributed by atoms with E-state index < -0.39 is 0 Å². The molecular formula is C14H16BrN3. The number of halogens is 1. The van der Waals surface area contributed by atoms with E-state index in [9.17, 15) is 0 Å². The van der Waals surface area contributed by atoms with Gasteiger partial charge in [-0.3, -0.25) is 0 Å². The fraction of sp³-hybridized carbons (Fsp3) is 0.286. The van der Waals surface area contributed by atoms with Crippen LogP contribution in [0.1, 0.15) is 30.0 Å². The van der Waals surface area contributed by atoms with Crippen LogP contribution in [-0.4, -0.2) is 9.97 Å². The van der Waals surface area contributed by atoms with Gasteiger partial charge in [0.1, 0.15) is 5.82 Å². The third-order valence-corrected chi connectivity index (χ3v) is 3.32. The minimum atomic E-state index is 0.299. The third-order valence-electron chi connectivity index (χ3n) is 2.79. The summed E-state index contributed by atoms with van der Waals surface area (Å²) in [5, 5.41) is 3.46. The van der Waals surface area contributed by atoms with E-state index in [1.165, 1.54) is 5.56 Å². The summed E-state index contributed by atoms with van der Waals surface area (Å²) in [6, 6.07) is 10.6. The van der Waals surface area contributed by atoms with E-state index in [4.69, 9.17) is 0 Å². The van der Waals surface area contributed by atoms with Crippen molar-refractivity contribution in [3.63, 3.8) is 0 Å². The molecule has 0 saturated heterocycles. The van der Waals surface area contributed by atoms with Crippen LogP contribution in [0.25, 0.3) is 0 Å². The summed E-state index contributed by atoms with van der Waals surface area (Å²) in [4.78, 5) is 8.46. The zero-order chi connectivity index (χ0) is 13.0. The molecule has 1 atom stereocenters. The maximum Gasteiger partial charge on any atom is 0.125 e. The summed E-state index contributed by atoms with van der Waals surface area (Å²) >= 11 is 3.44. The van der Waals surface area contributed by atoms with E-state index in [2.05, 4.69) is 62.4 Å². The van der Waals surface area contributed by atoms with Gasteiger partial charge >= 0.3 is 0 Å². The van der Waals surface area contributed by atoms with Gasteiger partial charge in [-0.1, -0.05) is 28.1 Å². The van der Waals surface area contributed by atoms with Crippen LogP contribution < -0.4 is 5.32 Å². The van der Waals surface area contributed by atoms with Gasteiger partial charge in [-0.15, -0.1) is 0 Å². The zero-order valence-electron chi connectivity index (χ0n) is 10.5. The van der Waals surface area contributed by atoms with Gasteiger partial charge in [0.2, 0.25) is 0 Å². The van der Waals surface area contributed by atoms with Crippen LogP contribution >= 0.6 is 15.9 Å². The molecule has 18 heavy (non-hydrogen) atoms. The Bertz CT molecular complexity index is 511. The SMILES string of the molecule is Cc1nccc(CNC(C)c2ccc(Br)cc2)n1. The molecular weight excluding hydrogens is 290 g/mol. The van der Waals surface area contributed by atoms with Crippen molar-refractivity contribution in [3.8, 4) is 0 Å². The minimum Gasteiger partial charge on any atom is -0.305 e. The van der Waals surface area contributed by atoms with Gasteiger partial charge in [-0.2, -0.15) is 0 Å². The van der Waals surface area contributed by atoms with Crippen LogP contribution in [0.2, 0.25) is 0 Å². The van der Waals surface area contributed by atoms with Crippen LogP contribution in [0.3, 0.4) is 0 Å². The van der Waals surface area contributed by atoms with E-state index in [1.807, 2.05) is 13.0 Å². The molecule has 0 fully saturated rings. The molecule has 0 radical (unpaired) electrons. The first-order chi connectivity index (χ1) is 8.65. The molecule has 1 N–H and O–H groups in total. The average molecular weight is 306 g/mol. The van der Waals surface area contributed by atoms with E-state index in [-0.39, 0.29) is 0 Å². The first kappa shape index (κ1) is 13.2. The van der Waals surface area contributed by atoms with Gasteiger partial charge in [0, 0.05) is 23.3 Å². The number of rotatable bonds is 4. The number of nitrogens with zero attached hydrogens (tertiary/aromatic N) is 2. The standard InChI is InChI=1S/C14H16BrN3/c1-10(12-3-5-13(15)6-4-12)17-9-14-7-8-16-11(2)18-14/h3-8,10,17H,9H2,1-2H3. The second-order valence-corrected chi connectivity index (χ2v) is 5.17. The number of hydrogen-bond donors (Lipinski definition) is 1. The van der Waals surface area contributed by atoms with Crippen molar-refractivity contribution in [3.05, 3.63) is 58.1 Å². The summed E-state index contributed by atoms with van der Waals surface area (Å²) in [5.74, 6) is 0.811. The molecule has 2 rings (SSSR count). The first-order valence-corrected chi connectivity index (χ1v) is 6.72. The lowest BCUT2D eigenvalue weighted by Crippen LogP contribution is -2.19. The van der Waals surface area contributed by atoms with Gasteiger partial charge in [-0.05, 0) is 37.6 Å². The molecule has 0 aliphatic carbocycles. The monoisotopic (exact) mass is 305 g/mol. The Labute approximate surface area is 116 Å². The van der Waals surface area contributed by atoms with Crippen LogP contribution in [0.4, 0.5) is 0 Å². The Balaban J connectivity index is 1.96. The van der Waals surface area contributed by atoms with Crippen molar-refractivity contribution >= 4 is 15.9 Å². The second-order valence-electron chi connectivity index (χ2n) is 4.25. The summed E-state index contributed by atoms with van der Waals surface area (Å²) in [6.45, 7) is 4.81. The van der Waals surface area contributed by atoms with E-state index in [0.717, 1.165) is 22.5 Å². The Hall–Kier alpha value is -1.26. The highest BCUT2D eigenvalue weighted by atomic mass is 79.9. The predicted octanol–water partition coefficient (Wildman–Crippen LogP) is 3.40. The summed E-state index contributed by atoms with van der Waals surface area (Å²) < 4.78 is 1.10. The maximum absolute atomic E-state index is 4.37. The normalized spacial score (nSPS) is 12.4. The van der Waals surface area contributed by atoms with Gasteiger partial charge in [-0.25, -0.2) is 9.97 Å². The van der Waals surface area contributed by atoms with E-state index >= 15 is 0 Å². The van der Waals surface area contributed by atoms with Gasteiger partial charge in [0.25, 0.3) is 0 Å². The van der Waals surface area contributed by atoms with Crippen molar-refractivity contribution in [1.82, 2.24) is 15.3 Å². The summed E-state index contributed by atoms with van der Waals surface area (Å²) in [5.41, 5.74) is 2.29. The molecule has 0 amide bonds. The van der Waals surface area contributed by atoms with E-state index in [1.54, 1.807) is 6.20 Å². The molecule has 1 heterocycles. The lowest BCUT2D eigenvalue weighted by Gasteiger charge is -2.14. The van der Waals surface area contributed by atoms with Crippen molar-refractivity contribution in [2.24, 2.45) is 0 Å². The molecule has 0 spiro atoms. The van der Waals surface area contributed by atoms with Crippen molar-refractivity contribution in [2.75, 3.05) is 0 Å². The largest absolute Gasteiger partial charge is 0.305 e. The second kappa shape index (κ2) is 6.07. The molecule has 2 aromatic rings. The number of aromatic nitrogens is 2. The Morgan fingerprint density at radius 1 is 1.22 bits per heavy atom. The van der Waals surface area contributed by atoms with Crippen LogP contribution in [-0.2, 0) is 6.54 Å². The molecule has 0 saturated carbocycles. The van der Waals surface area contributed by atoms with Crippen LogP contribution in [0.5, 0.6) is 0 Å². The Morgan fingerprint density at radius 3 is 2.61 bits per heavy atom. The molecule has 0 aliphatic rings. The maximum atomic E-state index is 4.37. The highest BCUT2D eigenvalue weighted by Crippen LogP contribution is 2.16. The third kappa shape index (κ3) is 3.62. The number of benzene rings is 1. The summed E-state index contributed by atoms with van der Waals surface area (Å²) in [6.07, 6.45) is 1.80. The molecule has 3 nitrogen and oxygen atoms in total. The molecule has 1 unspecified atom stereocenters. The highest BCUT2D eigenvalue weighted by Gasteiger charge is 2.05. The minimum absolute atomic E-state index is 0.299. The smallest absolute Gasteiger partial charge is 0.125 e. The fourth-order valence-electron chi connectivity index (χ4n) is 1.73. The van der Waals surface area contributed by atoms with Gasteiger partial charge < -0.3 is 5.32 Å². The van der Waals surface area contributed by atoms with E-state index in [0.29, 0.717) is 6.04 Å². The van der Waals surface area contributed by atoms with Crippen molar-refractivity contribution < 1.29 is 0 Å². The Morgan fingerprint density at radius 2 is 1.94 bits per heavy atom. The number of hydrogen-bond acceptors (Lipinski definition) is 3. The lowest BCUT2D eigenvalue weighted by atomic mass is 10.1. The molecule has 1 aromatic carbocycles. The summed E-state index contributed by atoms with van der Waals surface area (Å²) in [7, 11) is 0. The fourth-order valence-corrected chi connectivity index (χ4v) is 1.99. The molecule has 94 valence electrons. The topological polar surface area (TPSA) is 37.8 Å². The average Bonchev–Trinajstić information content (AvgIpc) is 2.37. The quantitative estimate of drug-likeness (QED) is 0.941. The molecule has 4 heteroatoms. The lowest BCUT2D eigenvalue weighted by molar-refractivity contribution is 0.566. The Kier molecular flexibility index (Phi) is 4.44. The molecule has 0 bridgehead atoms. The zero-order valence-corrected chi connectivity index (χ0v) is 12.1. The van der Waals surface area contributed by atoms with Crippen LogP contribution in [0.15, 0.2) is 41.0 Å². The van der Waals surface area contributed by atoms with Crippen LogP contribution in [0, 0.1) is 6.92 Å². The van der Waals surface area contributed by atoms with Gasteiger partial charge in [0.15, 0.2) is 0 Å². The van der Waals surface area contributed by atoms with Gasteiger partial charge in [0.05, 0.1) is 5.69 Å². The number of nitrogens with one attached hydrogen (secondary N) is 1. The van der Waals surface area contributed by atoms with Crippen molar-refractivity contribution in [2.45, 2.75) is 26.4 Å². The highest BCUT2D eigenvalue weighted by molar-refractivity contribution is 9.10. The number of aryl methyl sites for hydroxylation is 1. The first-order valence-electron chi connectivity index (χ1n) is 5.92. The molecule has 0 aliphatic heterocycles. The molecule has 1 aromatic heterocycles. The predicted molar refractivity (Wildman–Crippen MR) is 76.2 cm³/mol. The van der Waals surface area contributed by atoms with Crippen molar-refractivity contribution in [1.29, 1.82) is 0 Å².